The van der Waals surface area contributed by atoms with Gasteiger partial charge in [-0.25, -0.2) is 10.2 Å². The van der Waals surface area contributed by atoms with Gasteiger partial charge in [0.2, 0.25) is 0 Å². The first-order valence-corrected chi connectivity index (χ1v) is 9.27. The van der Waals surface area contributed by atoms with E-state index in [0.29, 0.717) is 17.9 Å². The molecule has 0 atom stereocenters. The molecule has 1 N–H and O–H groups in total. The Balaban J connectivity index is 1.76. The topological polar surface area (TPSA) is 85.8 Å². The number of aryl methyl sites for hydroxylation is 2. The molecular weight excluding hydrogens is 370 g/mol. The van der Waals surface area contributed by atoms with E-state index >= 15 is 0 Å². The van der Waals surface area contributed by atoms with Crippen molar-refractivity contribution in [3.63, 3.8) is 0 Å². The van der Waals surface area contributed by atoms with Gasteiger partial charge in [0.05, 0.1) is 18.4 Å². The minimum absolute atomic E-state index is 0.215. The highest BCUT2D eigenvalue weighted by molar-refractivity contribution is 5.92. The predicted molar refractivity (Wildman–Crippen MR) is 110 cm³/mol. The van der Waals surface area contributed by atoms with Crippen molar-refractivity contribution in [1.82, 2.24) is 9.99 Å². The second-order valence-corrected chi connectivity index (χ2v) is 6.54. The Labute approximate surface area is 169 Å². The molecule has 2 heterocycles. The van der Waals surface area contributed by atoms with Gasteiger partial charge in [0.1, 0.15) is 5.76 Å². The van der Waals surface area contributed by atoms with Gasteiger partial charge in [-0.3, -0.25) is 4.79 Å². The molecule has 0 bridgehead atoms. The summed E-state index contributed by atoms with van der Waals surface area (Å²) in [7, 11) is 0. The second kappa shape index (κ2) is 8.60. The highest BCUT2D eigenvalue weighted by atomic mass is 16.5. The van der Waals surface area contributed by atoms with Crippen molar-refractivity contribution in [3.05, 3.63) is 76.5 Å². The first kappa shape index (κ1) is 20.1. The van der Waals surface area contributed by atoms with Crippen molar-refractivity contribution >= 4 is 18.1 Å². The summed E-state index contributed by atoms with van der Waals surface area (Å²) in [5.41, 5.74) is 6.72. The molecule has 0 saturated carbocycles. The molecule has 1 amide bonds. The third kappa shape index (κ3) is 4.45. The zero-order valence-corrected chi connectivity index (χ0v) is 16.9. The van der Waals surface area contributed by atoms with E-state index in [-0.39, 0.29) is 11.7 Å². The number of esters is 1. The van der Waals surface area contributed by atoms with Crippen molar-refractivity contribution in [1.29, 1.82) is 0 Å². The number of amides is 1. The maximum Gasteiger partial charge on any atom is 0.338 e. The Morgan fingerprint density at radius 1 is 1.14 bits per heavy atom. The van der Waals surface area contributed by atoms with E-state index in [2.05, 4.69) is 10.5 Å². The summed E-state index contributed by atoms with van der Waals surface area (Å²) in [5.74, 6) is 0.136. The minimum atomic E-state index is -0.405. The third-order valence-corrected chi connectivity index (χ3v) is 4.44. The van der Waals surface area contributed by atoms with E-state index in [4.69, 9.17) is 9.15 Å². The van der Waals surface area contributed by atoms with Crippen LogP contribution in [0.1, 0.15) is 50.5 Å². The van der Waals surface area contributed by atoms with Crippen LogP contribution in [0.5, 0.6) is 0 Å². The smallest absolute Gasteiger partial charge is 0.338 e. The molecule has 29 heavy (non-hydrogen) atoms. The number of hydrogen-bond donors (Lipinski definition) is 1. The summed E-state index contributed by atoms with van der Waals surface area (Å²) in [4.78, 5) is 23.8. The SMILES string of the molecule is CCOC(=O)c1ccc(-n2c(C)cc(/C=N\NC(=O)c3ccc(C)o3)c2C)cc1. The number of furan rings is 1. The van der Waals surface area contributed by atoms with Gasteiger partial charge in [0.25, 0.3) is 0 Å². The van der Waals surface area contributed by atoms with Crippen LogP contribution in [-0.4, -0.2) is 29.3 Å². The molecular formula is C22H23N3O4. The van der Waals surface area contributed by atoms with Crippen LogP contribution in [0.4, 0.5) is 0 Å². The summed E-state index contributed by atoms with van der Waals surface area (Å²) in [6, 6.07) is 12.5. The molecule has 0 unspecified atom stereocenters. The maximum atomic E-state index is 12.0. The molecule has 7 nitrogen and oxygen atoms in total. The van der Waals surface area contributed by atoms with Gasteiger partial charge in [0.15, 0.2) is 5.76 Å². The molecule has 150 valence electrons. The molecule has 3 rings (SSSR count). The highest BCUT2D eigenvalue weighted by Gasteiger charge is 2.12. The van der Waals surface area contributed by atoms with Gasteiger partial charge < -0.3 is 13.7 Å². The van der Waals surface area contributed by atoms with Gasteiger partial charge in [-0.1, -0.05) is 0 Å². The Bertz CT molecular complexity index is 1060. The van der Waals surface area contributed by atoms with Crippen LogP contribution < -0.4 is 5.43 Å². The molecule has 0 spiro atoms. The summed E-state index contributed by atoms with van der Waals surface area (Å²) < 4.78 is 12.3. The van der Waals surface area contributed by atoms with Crippen LogP contribution in [0.25, 0.3) is 5.69 Å². The number of nitrogens with zero attached hydrogens (tertiary/aromatic N) is 2. The fourth-order valence-electron chi connectivity index (χ4n) is 3.05. The molecule has 0 fully saturated rings. The molecule has 1 aromatic carbocycles. The Kier molecular flexibility index (Phi) is 5.97. The van der Waals surface area contributed by atoms with Crippen LogP contribution in [0.3, 0.4) is 0 Å². The quantitative estimate of drug-likeness (QED) is 0.390. The van der Waals surface area contributed by atoms with E-state index in [1.165, 1.54) is 0 Å². The van der Waals surface area contributed by atoms with Gasteiger partial charge in [-0.2, -0.15) is 5.10 Å². The van der Waals surface area contributed by atoms with Crippen molar-refractivity contribution in [2.75, 3.05) is 6.61 Å². The molecule has 7 heteroatoms. The minimum Gasteiger partial charge on any atom is -0.462 e. The Hall–Kier alpha value is -3.61. The standard InChI is InChI=1S/C22H23N3O4/c1-5-28-22(27)17-7-9-19(10-8-17)25-14(2)12-18(16(25)4)13-23-24-21(26)20-11-6-15(3)29-20/h6-13H,5H2,1-4H3,(H,24,26)/b23-13-. The van der Waals surface area contributed by atoms with E-state index < -0.39 is 5.91 Å². The fourth-order valence-corrected chi connectivity index (χ4v) is 3.05. The number of hydrazone groups is 1. The lowest BCUT2D eigenvalue weighted by Crippen LogP contribution is -2.16. The van der Waals surface area contributed by atoms with Crippen LogP contribution in [0, 0.1) is 20.8 Å². The molecule has 0 aliphatic heterocycles. The molecule has 3 aromatic rings. The van der Waals surface area contributed by atoms with Crippen LogP contribution in [0.15, 0.2) is 52.0 Å². The largest absolute Gasteiger partial charge is 0.462 e. The van der Waals surface area contributed by atoms with Gasteiger partial charge in [-0.15, -0.1) is 0 Å². The van der Waals surface area contributed by atoms with Gasteiger partial charge in [0, 0.05) is 22.6 Å². The first-order chi connectivity index (χ1) is 13.9. The molecule has 2 aromatic heterocycles. The predicted octanol–water partition coefficient (Wildman–Crippen LogP) is 3.94. The molecule has 0 aliphatic carbocycles. The Morgan fingerprint density at radius 2 is 1.86 bits per heavy atom. The average molecular weight is 393 g/mol. The number of ether oxygens (including phenoxy) is 1. The highest BCUT2D eigenvalue weighted by Crippen LogP contribution is 2.20. The number of rotatable bonds is 6. The van der Waals surface area contributed by atoms with Crippen LogP contribution in [0.2, 0.25) is 0 Å². The third-order valence-electron chi connectivity index (χ3n) is 4.44. The van der Waals surface area contributed by atoms with E-state index in [0.717, 1.165) is 22.6 Å². The van der Waals surface area contributed by atoms with Crippen molar-refractivity contribution in [2.45, 2.75) is 27.7 Å². The average Bonchev–Trinajstić information content (AvgIpc) is 3.25. The lowest BCUT2D eigenvalue weighted by Gasteiger charge is -2.10. The fraction of sp³-hybridized carbons (Fsp3) is 0.227. The van der Waals surface area contributed by atoms with Crippen molar-refractivity contribution < 1.29 is 18.7 Å². The number of carbonyl (C=O) groups excluding carboxylic acids is 2. The van der Waals surface area contributed by atoms with Crippen molar-refractivity contribution in [3.8, 4) is 5.69 Å². The number of nitrogens with one attached hydrogen (secondary N) is 1. The first-order valence-electron chi connectivity index (χ1n) is 9.27. The van der Waals surface area contributed by atoms with Gasteiger partial charge >= 0.3 is 11.9 Å². The lowest BCUT2D eigenvalue weighted by atomic mass is 10.2. The molecule has 0 saturated heterocycles. The van der Waals surface area contributed by atoms with E-state index in [9.17, 15) is 9.59 Å². The number of benzene rings is 1. The monoisotopic (exact) mass is 393 g/mol. The normalized spacial score (nSPS) is 11.0. The van der Waals surface area contributed by atoms with E-state index in [1.807, 2.05) is 36.6 Å². The second-order valence-electron chi connectivity index (χ2n) is 6.54. The van der Waals surface area contributed by atoms with E-state index in [1.54, 1.807) is 44.3 Å². The molecule has 0 aliphatic rings. The van der Waals surface area contributed by atoms with Crippen LogP contribution >= 0.6 is 0 Å². The Morgan fingerprint density at radius 3 is 2.48 bits per heavy atom. The molecule has 0 radical (unpaired) electrons. The summed E-state index contributed by atoms with van der Waals surface area (Å²) in [6.07, 6.45) is 1.60. The zero-order valence-electron chi connectivity index (χ0n) is 16.9. The number of aromatic nitrogens is 1. The number of hydrogen-bond acceptors (Lipinski definition) is 5. The van der Waals surface area contributed by atoms with Crippen molar-refractivity contribution in [2.24, 2.45) is 5.10 Å². The number of carbonyl (C=O) groups is 2. The summed E-state index contributed by atoms with van der Waals surface area (Å²) in [6.45, 7) is 7.84. The van der Waals surface area contributed by atoms with Crippen LogP contribution in [-0.2, 0) is 4.74 Å². The summed E-state index contributed by atoms with van der Waals surface area (Å²) >= 11 is 0. The van der Waals surface area contributed by atoms with Gasteiger partial charge in [-0.05, 0) is 70.2 Å². The maximum absolute atomic E-state index is 12.0. The zero-order chi connectivity index (χ0) is 21.0. The lowest BCUT2D eigenvalue weighted by molar-refractivity contribution is 0.0526. The summed E-state index contributed by atoms with van der Waals surface area (Å²) in [5, 5.41) is 4.03.